The number of hydrogen-bond acceptors (Lipinski definition) is 3. The molecule has 0 aliphatic carbocycles. The maximum atomic E-state index is 4.18. The molecule has 1 heterocycles. The quantitative estimate of drug-likeness (QED) is 0.899. The molecule has 0 atom stereocenters. The Kier molecular flexibility index (Phi) is 3.64. The average molecular weight is 292 g/mol. The molecule has 0 aliphatic rings. The van der Waals surface area contributed by atoms with Crippen molar-refractivity contribution in [3.8, 4) is 0 Å². The maximum Gasteiger partial charge on any atom is 0.127 e. The summed E-state index contributed by atoms with van der Waals surface area (Å²) in [5, 5.41) is 6.40. The number of aromatic nitrogens is 1. The van der Waals surface area contributed by atoms with Crippen molar-refractivity contribution in [3.05, 3.63) is 46.6 Å². The van der Waals surface area contributed by atoms with Crippen LogP contribution in [0.4, 0.5) is 17.2 Å². The molecule has 17 heavy (non-hydrogen) atoms. The summed E-state index contributed by atoms with van der Waals surface area (Å²) in [4.78, 5) is 4.18. The molecule has 0 spiro atoms. The molecule has 0 aliphatic heterocycles. The van der Waals surface area contributed by atoms with Crippen LogP contribution in [0.25, 0.3) is 0 Å². The van der Waals surface area contributed by atoms with Crippen LogP contribution in [-0.4, -0.2) is 12.0 Å². The van der Waals surface area contributed by atoms with Crippen LogP contribution in [0.5, 0.6) is 0 Å². The van der Waals surface area contributed by atoms with E-state index in [9.17, 15) is 0 Å². The van der Waals surface area contributed by atoms with E-state index in [1.54, 1.807) is 6.20 Å². The minimum atomic E-state index is 0.850. The lowest BCUT2D eigenvalue weighted by atomic mass is 10.2. The third kappa shape index (κ3) is 2.77. The largest absolute Gasteiger partial charge is 0.373 e. The molecular weight excluding hydrogens is 278 g/mol. The van der Waals surface area contributed by atoms with Gasteiger partial charge in [-0.05, 0) is 30.7 Å². The first kappa shape index (κ1) is 11.9. The van der Waals surface area contributed by atoms with Gasteiger partial charge in [-0.1, -0.05) is 22.0 Å². The summed E-state index contributed by atoms with van der Waals surface area (Å²) in [5.74, 6) is 0.850. The van der Waals surface area contributed by atoms with Crippen molar-refractivity contribution >= 4 is 33.1 Å². The number of anilines is 3. The van der Waals surface area contributed by atoms with Crippen molar-refractivity contribution in [1.82, 2.24) is 4.98 Å². The highest BCUT2D eigenvalue weighted by Gasteiger charge is 2.02. The van der Waals surface area contributed by atoms with Gasteiger partial charge in [0.05, 0.1) is 0 Å². The Balaban J connectivity index is 2.28. The fourth-order valence-corrected chi connectivity index (χ4v) is 1.91. The molecule has 0 radical (unpaired) electrons. The van der Waals surface area contributed by atoms with Crippen LogP contribution in [0.3, 0.4) is 0 Å². The zero-order chi connectivity index (χ0) is 12.3. The minimum Gasteiger partial charge on any atom is -0.373 e. The van der Waals surface area contributed by atoms with Crippen LogP contribution in [0, 0.1) is 6.92 Å². The Morgan fingerprint density at radius 1 is 1.24 bits per heavy atom. The number of nitrogens with zero attached hydrogens (tertiary/aromatic N) is 1. The number of halogens is 1. The molecule has 0 saturated carbocycles. The summed E-state index contributed by atoms with van der Waals surface area (Å²) < 4.78 is 1.10. The van der Waals surface area contributed by atoms with Crippen LogP contribution in [0.15, 0.2) is 41.0 Å². The number of hydrogen-bond donors (Lipinski definition) is 2. The van der Waals surface area contributed by atoms with Crippen molar-refractivity contribution in [1.29, 1.82) is 0 Å². The normalized spacial score (nSPS) is 10.1. The third-order valence-corrected chi connectivity index (χ3v) is 3.42. The van der Waals surface area contributed by atoms with Gasteiger partial charge in [0.2, 0.25) is 0 Å². The first-order chi connectivity index (χ1) is 8.20. The van der Waals surface area contributed by atoms with E-state index in [2.05, 4.69) is 44.5 Å². The second-order valence-electron chi connectivity index (χ2n) is 3.72. The summed E-state index contributed by atoms with van der Waals surface area (Å²) in [6, 6.07) is 10.0. The zero-order valence-electron chi connectivity index (χ0n) is 9.79. The highest BCUT2D eigenvalue weighted by molar-refractivity contribution is 9.10. The van der Waals surface area contributed by atoms with Gasteiger partial charge in [0, 0.05) is 35.2 Å². The van der Waals surface area contributed by atoms with Crippen LogP contribution < -0.4 is 10.6 Å². The van der Waals surface area contributed by atoms with Gasteiger partial charge in [0.25, 0.3) is 0 Å². The standard InChI is InChI=1S/C13H14BrN3/c1-9-11(14)4-3-5-12(9)17-10-6-7-16-13(8-10)15-2/h3-8H,1-2H3,(H2,15,16,17). The molecule has 4 heteroatoms. The van der Waals surface area contributed by atoms with Crippen molar-refractivity contribution in [2.75, 3.05) is 17.7 Å². The molecule has 0 amide bonds. The molecule has 0 fully saturated rings. The second-order valence-corrected chi connectivity index (χ2v) is 4.57. The second kappa shape index (κ2) is 5.19. The number of benzene rings is 1. The van der Waals surface area contributed by atoms with Crippen LogP contribution in [0.2, 0.25) is 0 Å². The number of pyridine rings is 1. The maximum absolute atomic E-state index is 4.18. The molecular formula is C13H14BrN3. The van der Waals surface area contributed by atoms with Crippen LogP contribution >= 0.6 is 15.9 Å². The molecule has 0 saturated heterocycles. The smallest absolute Gasteiger partial charge is 0.127 e. The van der Waals surface area contributed by atoms with Crippen molar-refractivity contribution < 1.29 is 0 Å². The van der Waals surface area contributed by atoms with Crippen molar-refractivity contribution in [2.24, 2.45) is 0 Å². The van der Waals surface area contributed by atoms with E-state index >= 15 is 0 Å². The van der Waals surface area contributed by atoms with Gasteiger partial charge < -0.3 is 10.6 Å². The molecule has 3 nitrogen and oxygen atoms in total. The monoisotopic (exact) mass is 291 g/mol. The highest BCUT2D eigenvalue weighted by atomic mass is 79.9. The minimum absolute atomic E-state index is 0.850. The van der Waals surface area contributed by atoms with Gasteiger partial charge >= 0.3 is 0 Å². The summed E-state index contributed by atoms with van der Waals surface area (Å²) in [6.07, 6.45) is 1.78. The van der Waals surface area contributed by atoms with Crippen LogP contribution in [-0.2, 0) is 0 Å². The van der Waals surface area contributed by atoms with Gasteiger partial charge in [0.1, 0.15) is 5.82 Å². The highest BCUT2D eigenvalue weighted by Crippen LogP contribution is 2.26. The summed E-state index contributed by atoms with van der Waals surface area (Å²) >= 11 is 3.52. The lowest BCUT2D eigenvalue weighted by molar-refractivity contribution is 1.28. The van der Waals surface area contributed by atoms with E-state index in [1.807, 2.05) is 31.3 Å². The molecule has 1 aromatic heterocycles. The van der Waals surface area contributed by atoms with Crippen LogP contribution in [0.1, 0.15) is 5.56 Å². The third-order valence-electron chi connectivity index (χ3n) is 2.56. The van der Waals surface area contributed by atoms with E-state index in [0.717, 1.165) is 21.7 Å². The zero-order valence-corrected chi connectivity index (χ0v) is 11.4. The fourth-order valence-electron chi connectivity index (χ4n) is 1.54. The summed E-state index contributed by atoms with van der Waals surface area (Å²) in [7, 11) is 1.86. The first-order valence-electron chi connectivity index (χ1n) is 5.36. The fraction of sp³-hybridized carbons (Fsp3) is 0.154. The van der Waals surface area contributed by atoms with Gasteiger partial charge in [-0.3, -0.25) is 0 Å². The Morgan fingerprint density at radius 3 is 2.82 bits per heavy atom. The molecule has 2 aromatic rings. The number of rotatable bonds is 3. The molecule has 88 valence electrons. The Bertz CT molecular complexity index is 526. The first-order valence-corrected chi connectivity index (χ1v) is 6.16. The Labute approximate surface area is 109 Å². The molecule has 1 aromatic carbocycles. The molecule has 2 N–H and O–H groups in total. The average Bonchev–Trinajstić information content (AvgIpc) is 2.35. The number of nitrogens with one attached hydrogen (secondary N) is 2. The van der Waals surface area contributed by atoms with Gasteiger partial charge in [-0.15, -0.1) is 0 Å². The van der Waals surface area contributed by atoms with E-state index < -0.39 is 0 Å². The lowest BCUT2D eigenvalue weighted by Crippen LogP contribution is -1.96. The lowest BCUT2D eigenvalue weighted by Gasteiger charge is -2.11. The van der Waals surface area contributed by atoms with E-state index in [4.69, 9.17) is 0 Å². The van der Waals surface area contributed by atoms with E-state index in [-0.39, 0.29) is 0 Å². The predicted octanol–water partition coefficient (Wildman–Crippen LogP) is 3.94. The van der Waals surface area contributed by atoms with E-state index in [0.29, 0.717) is 0 Å². The predicted molar refractivity (Wildman–Crippen MR) is 75.9 cm³/mol. The van der Waals surface area contributed by atoms with Gasteiger partial charge in [-0.2, -0.15) is 0 Å². The van der Waals surface area contributed by atoms with Crippen molar-refractivity contribution in [3.63, 3.8) is 0 Å². The Morgan fingerprint density at radius 2 is 2.06 bits per heavy atom. The topological polar surface area (TPSA) is 37.0 Å². The molecule has 0 bridgehead atoms. The van der Waals surface area contributed by atoms with Gasteiger partial charge in [-0.25, -0.2) is 4.98 Å². The Hall–Kier alpha value is -1.55. The van der Waals surface area contributed by atoms with Crippen molar-refractivity contribution in [2.45, 2.75) is 6.92 Å². The molecule has 2 rings (SSSR count). The summed E-state index contributed by atoms with van der Waals surface area (Å²) in [5.41, 5.74) is 3.30. The molecule has 0 unspecified atom stereocenters. The van der Waals surface area contributed by atoms with Gasteiger partial charge in [0.15, 0.2) is 0 Å². The summed E-state index contributed by atoms with van der Waals surface area (Å²) in [6.45, 7) is 2.08. The SMILES string of the molecule is CNc1cc(Nc2cccc(Br)c2C)ccn1. The van der Waals surface area contributed by atoms with E-state index in [1.165, 1.54) is 5.56 Å².